The van der Waals surface area contributed by atoms with E-state index in [0.717, 1.165) is 0 Å². The predicted octanol–water partition coefficient (Wildman–Crippen LogP) is 1.93. The molecule has 14 heavy (non-hydrogen) atoms. The van der Waals surface area contributed by atoms with E-state index in [1.807, 2.05) is 20.8 Å². The molecular formula is C11H16O3. The van der Waals surface area contributed by atoms with Crippen LogP contribution in [0.15, 0.2) is 11.3 Å². The normalized spacial score (nSPS) is 10.4. The highest BCUT2D eigenvalue weighted by Gasteiger charge is 2.25. The van der Waals surface area contributed by atoms with Crippen molar-refractivity contribution in [3.8, 4) is 0 Å². The molecule has 0 bridgehead atoms. The van der Waals surface area contributed by atoms with Gasteiger partial charge < -0.3 is 4.74 Å². The molecule has 0 fully saturated rings. The first-order chi connectivity index (χ1) is 6.32. The Kier molecular flexibility index (Phi) is 4.36. The maximum atomic E-state index is 10.7. The molecule has 0 rings (SSSR count). The molecule has 0 N–H and O–H groups in total. The minimum Gasteiger partial charge on any atom is -0.480 e. The molecule has 0 saturated heterocycles. The van der Waals surface area contributed by atoms with E-state index < -0.39 is 5.41 Å². The number of allylic oxidation sites excluding steroid dienone is 1. The number of hydrogen-bond acceptors (Lipinski definition) is 3. The van der Waals surface area contributed by atoms with Gasteiger partial charge in [0.25, 0.3) is 0 Å². The minimum absolute atomic E-state index is 0.0394. The molecule has 0 aliphatic rings. The van der Waals surface area contributed by atoms with Gasteiger partial charge >= 0.3 is 0 Å². The number of ether oxygens (including phenoxy) is 1. The summed E-state index contributed by atoms with van der Waals surface area (Å²) in [5.41, 5.74) is -0.232. The maximum absolute atomic E-state index is 10.7. The van der Waals surface area contributed by atoms with E-state index in [1.165, 1.54) is 0 Å². The minimum atomic E-state index is -0.455. The summed E-state index contributed by atoms with van der Waals surface area (Å²) in [5, 5.41) is 0. The van der Waals surface area contributed by atoms with E-state index in [9.17, 15) is 9.59 Å². The van der Waals surface area contributed by atoms with E-state index in [1.54, 1.807) is 25.7 Å². The van der Waals surface area contributed by atoms with E-state index in [2.05, 4.69) is 0 Å². The van der Waals surface area contributed by atoms with Crippen LogP contribution < -0.4 is 0 Å². The fourth-order valence-corrected chi connectivity index (χ4v) is 0.910. The van der Waals surface area contributed by atoms with Gasteiger partial charge in [0.05, 0.1) is 11.7 Å². The quantitative estimate of drug-likeness (QED) is 0.393. The van der Waals surface area contributed by atoms with Gasteiger partial charge in [0.2, 0.25) is 5.76 Å². The molecule has 0 aromatic rings. The third-order valence-corrected chi connectivity index (χ3v) is 1.53. The molecule has 0 atom stereocenters. The number of hydrogen-bond donors (Lipinski definition) is 0. The lowest BCUT2D eigenvalue weighted by atomic mass is 9.86. The van der Waals surface area contributed by atoms with Crippen molar-refractivity contribution in [2.75, 3.05) is 0 Å². The van der Waals surface area contributed by atoms with Gasteiger partial charge in [0.15, 0.2) is 5.94 Å². The molecule has 0 aromatic heterocycles. The lowest BCUT2D eigenvalue weighted by Gasteiger charge is -2.21. The first kappa shape index (κ1) is 12.7. The first-order valence-corrected chi connectivity index (χ1v) is 4.50. The molecule has 0 heterocycles. The van der Waals surface area contributed by atoms with Gasteiger partial charge in [0.1, 0.15) is 5.94 Å². The zero-order chi connectivity index (χ0) is 11.4. The highest BCUT2D eigenvalue weighted by Crippen LogP contribution is 2.28. The maximum Gasteiger partial charge on any atom is 0.218 e. The molecular weight excluding hydrogens is 180 g/mol. The fourth-order valence-electron chi connectivity index (χ4n) is 0.910. The zero-order valence-electron chi connectivity index (χ0n) is 9.30. The van der Waals surface area contributed by atoms with Crippen molar-refractivity contribution in [1.29, 1.82) is 0 Å². The molecule has 0 spiro atoms. The molecule has 3 nitrogen and oxygen atoms in total. The van der Waals surface area contributed by atoms with Crippen LogP contribution in [0.2, 0.25) is 0 Å². The number of rotatable bonds is 3. The summed E-state index contributed by atoms with van der Waals surface area (Å²) in [5.74, 6) is 3.34. The molecule has 0 amide bonds. The van der Waals surface area contributed by atoms with Gasteiger partial charge in [-0.1, -0.05) is 20.8 Å². The standard InChI is InChI=1S/C11H16O3/c1-8(2)14-10(7-13)9(6-12)11(3,4)5/h8H,1-5H3. The van der Waals surface area contributed by atoms with Crippen molar-refractivity contribution in [1.82, 2.24) is 0 Å². The lowest BCUT2D eigenvalue weighted by Crippen LogP contribution is -2.16. The zero-order valence-corrected chi connectivity index (χ0v) is 9.30. The molecule has 0 aromatic carbocycles. The van der Waals surface area contributed by atoms with Crippen LogP contribution in [0.3, 0.4) is 0 Å². The van der Waals surface area contributed by atoms with E-state index in [0.29, 0.717) is 0 Å². The Morgan fingerprint density at radius 3 is 1.86 bits per heavy atom. The Hall–Kier alpha value is -1.30. The van der Waals surface area contributed by atoms with Gasteiger partial charge in [0, 0.05) is 5.41 Å². The van der Waals surface area contributed by atoms with Crippen LogP contribution in [0.5, 0.6) is 0 Å². The summed E-state index contributed by atoms with van der Waals surface area (Å²) >= 11 is 0. The Labute approximate surface area is 84.4 Å². The van der Waals surface area contributed by atoms with Crippen molar-refractivity contribution in [3.05, 3.63) is 11.3 Å². The lowest BCUT2D eigenvalue weighted by molar-refractivity contribution is 0.150. The molecule has 0 saturated carbocycles. The van der Waals surface area contributed by atoms with E-state index in [-0.39, 0.29) is 17.4 Å². The van der Waals surface area contributed by atoms with Crippen LogP contribution in [0.1, 0.15) is 34.6 Å². The van der Waals surface area contributed by atoms with Crippen molar-refractivity contribution >= 4 is 11.9 Å². The van der Waals surface area contributed by atoms with Crippen molar-refractivity contribution in [2.24, 2.45) is 5.41 Å². The summed E-state index contributed by atoms with van der Waals surface area (Å²) in [6, 6.07) is 0. The predicted molar refractivity (Wildman–Crippen MR) is 54.1 cm³/mol. The second kappa shape index (κ2) is 4.80. The fraction of sp³-hybridized carbons (Fsp3) is 0.636. The van der Waals surface area contributed by atoms with E-state index >= 15 is 0 Å². The second-order valence-corrected chi connectivity index (χ2v) is 4.32. The molecule has 0 unspecified atom stereocenters. The van der Waals surface area contributed by atoms with Crippen molar-refractivity contribution < 1.29 is 14.3 Å². The summed E-state index contributed by atoms with van der Waals surface area (Å²) in [7, 11) is 0. The van der Waals surface area contributed by atoms with Crippen LogP contribution in [-0.4, -0.2) is 18.0 Å². The smallest absolute Gasteiger partial charge is 0.218 e. The SMILES string of the molecule is CC(C)OC(=C=O)C(=C=O)C(C)(C)C. The van der Waals surface area contributed by atoms with Gasteiger partial charge in [-0.25, -0.2) is 9.59 Å². The highest BCUT2D eigenvalue weighted by molar-refractivity contribution is 5.70. The van der Waals surface area contributed by atoms with Crippen LogP contribution >= 0.6 is 0 Å². The Morgan fingerprint density at radius 2 is 1.64 bits per heavy atom. The number of carbonyl (C=O) groups excluding carboxylic acids is 2. The van der Waals surface area contributed by atoms with Crippen LogP contribution in [-0.2, 0) is 14.3 Å². The van der Waals surface area contributed by atoms with Gasteiger partial charge in [-0.2, -0.15) is 0 Å². The largest absolute Gasteiger partial charge is 0.480 e. The Bertz CT molecular complexity index is 295. The molecule has 78 valence electrons. The molecule has 0 aliphatic heterocycles. The van der Waals surface area contributed by atoms with Crippen molar-refractivity contribution in [2.45, 2.75) is 40.7 Å². The first-order valence-electron chi connectivity index (χ1n) is 4.50. The Morgan fingerprint density at radius 1 is 1.14 bits per heavy atom. The van der Waals surface area contributed by atoms with E-state index in [4.69, 9.17) is 4.74 Å². The third-order valence-electron chi connectivity index (χ3n) is 1.53. The Balaban J connectivity index is 5.06. The van der Waals surface area contributed by atoms with Gasteiger partial charge in [-0.15, -0.1) is 0 Å². The summed E-state index contributed by atoms with van der Waals surface area (Å²) in [4.78, 5) is 21.3. The second-order valence-electron chi connectivity index (χ2n) is 4.32. The average Bonchev–Trinajstić information content (AvgIpc) is 2.00. The molecule has 0 aliphatic carbocycles. The summed E-state index contributed by atoms with van der Waals surface area (Å²) in [6.07, 6.45) is -0.155. The average molecular weight is 196 g/mol. The molecule has 3 heteroatoms. The molecule has 0 radical (unpaired) electrons. The van der Waals surface area contributed by atoms with Gasteiger partial charge in [-0.3, -0.25) is 0 Å². The topological polar surface area (TPSA) is 43.4 Å². The summed E-state index contributed by atoms with van der Waals surface area (Å²) in [6.45, 7) is 9.00. The van der Waals surface area contributed by atoms with Gasteiger partial charge in [-0.05, 0) is 13.8 Å². The highest BCUT2D eigenvalue weighted by atomic mass is 16.5. The van der Waals surface area contributed by atoms with Crippen LogP contribution in [0.25, 0.3) is 0 Å². The third kappa shape index (κ3) is 3.61. The monoisotopic (exact) mass is 196 g/mol. The van der Waals surface area contributed by atoms with Crippen molar-refractivity contribution in [3.63, 3.8) is 0 Å². The van der Waals surface area contributed by atoms with Crippen LogP contribution in [0, 0.1) is 5.41 Å². The summed E-state index contributed by atoms with van der Waals surface area (Å²) < 4.78 is 5.17. The van der Waals surface area contributed by atoms with Crippen LogP contribution in [0.4, 0.5) is 0 Å².